The molecule has 0 unspecified atom stereocenters. The number of fused-ring (bicyclic) bond motifs is 5. The van der Waals surface area contributed by atoms with Gasteiger partial charge < -0.3 is 5.11 Å². The van der Waals surface area contributed by atoms with Crippen molar-refractivity contribution in [1.82, 2.24) is 4.90 Å². The predicted molar refractivity (Wildman–Crippen MR) is 100 cm³/mol. The number of aliphatic carboxylic acids is 1. The standard InChI is InChI=1S/C15H13Cl6NO4/c1-2-3-4-5(12(25)26)22-10(23)6-7(11(22)24)14(19)9(17)8(16)13(6,18)15(14,20)21/h5-7H,2-4H2,1H3,(H,25,26)/t5-,6-,7+,13-,14-/m1/s1. The van der Waals surface area contributed by atoms with Crippen LogP contribution in [0.1, 0.15) is 26.2 Å². The molecule has 0 aromatic rings. The zero-order valence-electron chi connectivity index (χ0n) is 13.2. The van der Waals surface area contributed by atoms with Gasteiger partial charge in [-0.1, -0.05) is 66.2 Å². The molecule has 5 atom stereocenters. The molecule has 1 saturated carbocycles. The quantitative estimate of drug-likeness (QED) is 0.472. The van der Waals surface area contributed by atoms with Gasteiger partial charge in [0.05, 0.1) is 21.9 Å². The minimum Gasteiger partial charge on any atom is -0.480 e. The highest BCUT2D eigenvalue weighted by molar-refractivity contribution is 6.66. The Labute approximate surface area is 179 Å². The maximum atomic E-state index is 13.0. The van der Waals surface area contributed by atoms with Gasteiger partial charge in [-0.05, 0) is 6.42 Å². The second-order valence-corrected chi connectivity index (χ2v) is 9.90. The van der Waals surface area contributed by atoms with Gasteiger partial charge in [-0.15, -0.1) is 23.2 Å². The number of alkyl halides is 4. The summed E-state index contributed by atoms with van der Waals surface area (Å²) in [4.78, 5) is 34.6. The first-order valence-electron chi connectivity index (χ1n) is 7.82. The zero-order valence-corrected chi connectivity index (χ0v) is 17.8. The molecule has 1 N–H and O–H groups in total. The summed E-state index contributed by atoms with van der Waals surface area (Å²) >= 11 is 38.2. The fourth-order valence-corrected chi connectivity index (χ4v) is 7.01. The van der Waals surface area contributed by atoms with Crippen molar-refractivity contribution in [3.63, 3.8) is 0 Å². The van der Waals surface area contributed by atoms with Crippen molar-refractivity contribution in [2.24, 2.45) is 11.8 Å². The van der Waals surface area contributed by atoms with E-state index in [2.05, 4.69) is 0 Å². The molecule has 0 aromatic heterocycles. The Morgan fingerprint density at radius 2 is 1.50 bits per heavy atom. The number of amides is 2. The summed E-state index contributed by atoms with van der Waals surface area (Å²) in [6.07, 6.45) is 1.31. The van der Waals surface area contributed by atoms with Gasteiger partial charge in [0.25, 0.3) is 0 Å². The average Bonchev–Trinajstić information content (AvgIpc) is 2.94. The van der Waals surface area contributed by atoms with Crippen LogP contribution < -0.4 is 0 Å². The third-order valence-corrected chi connectivity index (χ3v) is 9.63. The number of hydrogen-bond donors (Lipinski definition) is 1. The highest BCUT2D eigenvalue weighted by atomic mass is 35.5. The summed E-state index contributed by atoms with van der Waals surface area (Å²) in [5, 5.41) is 9.11. The van der Waals surface area contributed by atoms with E-state index in [1.807, 2.05) is 6.92 Å². The number of unbranched alkanes of at least 4 members (excludes halogenated alkanes) is 1. The van der Waals surface area contributed by atoms with Crippen LogP contribution >= 0.6 is 69.6 Å². The molecule has 0 radical (unpaired) electrons. The number of carboxylic acid groups (broad SMARTS) is 1. The van der Waals surface area contributed by atoms with Crippen LogP contribution in [0.2, 0.25) is 0 Å². The molecule has 0 aromatic carbocycles. The summed E-state index contributed by atoms with van der Waals surface area (Å²) in [6.45, 7) is 1.86. The van der Waals surface area contributed by atoms with Gasteiger partial charge in [0.2, 0.25) is 11.8 Å². The van der Waals surface area contributed by atoms with Gasteiger partial charge in [0, 0.05) is 0 Å². The number of hydrogen-bond acceptors (Lipinski definition) is 3. The molecule has 5 nitrogen and oxygen atoms in total. The van der Waals surface area contributed by atoms with Crippen LogP contribution in [0.5, 0.6) is 0 Å². The van der Waals surface area contributed by atoms with E-state index in [9.17, 15) is 19.5 Å². The summed E-state index contributed by atoms with van der Waals surface area (Å²) in [5.74, 6) is -5.53. The molecule has 144 valence electrons. The van der Waals surface area contributed by atoms with Crippen LogP contribution in [0.15, 0.2) is 10.1 Å². The predicted octanol–water partition coefficient (Wildman–Crippen LogP) is 4.08. The third kappa shape index (κ3) is 2.11. The first-order valence-corrected chi connectivity index (χ1v) is 10.1. The number of carbonyl (C=O) groups excluding carboxylic acids is 2. The number of likely N-dealkylation sites (tertiary alicyclic amines) is 1. The molecule has 26 heavy (non-hydrogen) atoms. The van der Waals surface area contributed by atoms with Crippen molar-refractivity contribution < 1.29 is 19.5 Å². The number of rotatable bonds is 5. The molecule has 1 heterocycles. The molecule has 0 spiro atoms. The Morgan fingerprint density at radius 3 is 1.85 bits per heavy atom. The van der Waals surface area contributed by atoms with Gasteiger partial charge >= 0.3 is 5.97 Å². The fourth-order valence-electron chi connectivity index (χ4n) is 4.08. The second-order valence-electron chi connectivity index (χ2n) is 6.62. The molecule has 3 aliphatic rings. The Morgan fingerprint density at radius 1 is 1.08 bits per heavy atom. The third-order valence-electron chi connectivity index (χ3n) is 5.37. The Balaban J connectivity index is 2.12. The van der Waals surface area contributed by atoms with Crippen molar-refractivity contribution in [3.05, 3.63) is 10.1 Å². The lowest BCUT2D eigenvalue weighted by atomic mass is 9.84. The highest BCUT2D eigenvalue weighted by Gasteiger charge is 2.87. The smallest absolute Gasteiger partial charge is 0.326 e. The number of nitrogens with zero attached hydrogens (tertiary/aromatic N) is 1. The molecule has 1 saturated heterocycles. The van der Waals surface area contributed by atoms with E-state index in [1.54, 1.807) is 0 Å². The lowest BCUT2D eigenvalue weighted by molar-refractivity contribution is -0.155. The molecular formula is C15H13Cl6NO4. The highest BCUT2D eigenvalue weighted by Crippen LogP contribution is 2.77. The van der Waals surface area contributed by atoms with Crippen LogP contribution in [-0.2, 0) is 14.4 Å². The van der Waals surface area contributed by atoms with E-state index >= 15 is 0 Å². The van der Waals surface area contributed by atoms with E-state index < -0.39 is 49.7 Å². The monoisotopic (exact) mass is 481 g/mol. The van der Waals surface area contributed by atoms with Crippen LogP contribution in [0.3, 0.4) is 0 Å². The zero-order chi connectivity index (χ0) is 19.8. The van der Waals surface area contributed by atoms with Crippen LogP contribution in [-0.4, -0.2) is 47.9 Å². The van der Waals surface area contributed by atoms with Crippen molar-refractivity contribution >= 4 is 87.4 Å². The Hall–Kier alpha value is 0.0900. The van der Waals surface area contributed by atoms with Crippen molar-refractivity contribution in [2.45, 2.75) is 46.3 Å². The first kappa shape index (κ1) is 20.8. The Bertz CT molecular complexity index is 708. The van der Waals surface area contributed by atoms with E-state index in [4.69, 9.17) is 69.6 Å². The van der Waals surface area contributed by atoms with Gasteiger partial charge in [-0.25, -0.2) is 4.79 Å². The maximum absolute atomic E-state index is 13.0. The summed E-state index contributed by atoms with van der Waals surface area (Å²) in [6, 6.07) is -1.34. The molecule has 2 bridgehead atoms. The molecule has 3 rings (SSSR count). The van der Waals surface area contributed by atoms with Crippen LogP contribution in [0, 0.1) is 11.8 Å². The second kappa shape index (κ2) is 6.30. The van der Waals surface area contributed by atoms with E-state index in [0.717, 1.165) is 0 Å². The summed E-state index contributed by atoms with van der Waals surface area (Å²) in [5.41, 5.74) is 0. The number of imide groups is 1. The Kier molecular flexibility index (Phi) is 5.04. The van der Waals surface area contributed by atoms with Crippen molar-refractivity contribution in [2.75, 3.05) is 0 Å². The molecule has 2 fully saturated rings. The molecule has 2 aliphatic carbocycles. The first-order chi connectivity index (χ1) is 11.9. The molecule has 1 aliphatic heterocycles. The van der Waals surface area contributed by atoms with Crippen molar-refractivity contribution in [1.29, 1.82) is 0 Å². The van der Waals surface area contributed by atoms with Crippen molar-refractivity contribution in [3.8, 4) is 0 Å². The summed E-state index contributed by atoms with van der Waals surface area (Å²) in [7, 11) is 0. The average molecular weight is 484 g/mol. The fraction of sp³-hybridized carbons (Fsp3) is 0.667. The van der Waals surface area contributed by atoms with E-state index in [-0.39, 0.29) is 16.5 Å². The van der Waals surface area contributed by atoms with Crippen LogP contribution in [0.4, 0.5) is 0 Å². The normalized spacial score (nSPS) is 39.0. The lowest BCUT2D eigenvalue weighted by Gasteiger charge is -2.35. The largest absolute Gasteiger partial charge is 0.480 e. The van der Waals surface area contributed by atoms with Gasteiger partial charge in [0.1, 0.15) is 15.8 Å². The van der Waals surface area contributed by atoms with Gasteiger partial charge in [-0.2, -0.15) is 0 Å². The lowest BCUT2D eigenvalue weighted by Crippen LogP contribution is -2.53. The number of halogens is 6. The maximum Gasteiger partial charge on any atom is 0.326 e. The van der Waals surface area contributed by atoms with E-state index in [1.165, 1.54) is 0 Å². The number of carbonyl (C=O) groups is 3. The number of allylic oxidation sites excluding steroid dienone is 2. The SMILES string of the molecule is CCCC[C@H](C(=O)O)N1C(=O)[C@@H]2[C@H](C1=O)[C@@]1(Cl)C(Cl)=C(Cl)[C@@]2(Cl)C1(Cl)Cl. The molecule has 11 heteroatoms. The summed E-state index contributed by atoms with van der Waals surface area (Å²) < 4.78 is -2.02. The topological polar surface area (TPSA) is 74.7 Å². The molecule has 2 amide bonds. The van der Waals surface area contributed by atoms with E-state index in [0.29, 0.717) is 17.7 Å². The number of carboxylic acids is 1. The van der Waals surface area contributed by atoms with Gasteiger partial charge in [0.15, 0.2) is 4.33 Å². The minimum atomic E-state index is -2.02. The van der Waals surface area contributed by atoms with Crippen LogP contribution in [0.25, 0.3) is 0 Å². The molecular weight excluding hydrogens is 471 g/mol. The van der Waals surface area contributed by atoms with Gasteiger partial charge in [-0.3, -0.25) is 14.5 Å². The minimum absolute atomic E-state index is 0.106.